The lowest BCUT2D eigenvalue weighted by molar-refractivity contribution is 0.112. The van der Waals surface area contributed by atoms with Crippen LogP contribution < -0.4 is 5.73 Å². The maximum Gasteiger partial charge on any atom is 0.150 e. The average molecular weight is 149 g/mol. The molecule has 2 N–H and O–H groups in total. The molecule has 1 aromatic rings. The van der Waals surface area contributed by atoms with Crippen LogP contribution in [-0.4, -0.2) is 6.29 Å². The first-order valence-corrected chi connectivity index (χ1v) is 3.52. The van der Waals surface area contributed by atoms with Gasteiger partial charge in [0, 0.05) is 12.1 Å². The van der Waals surface area contributed by atoms with Gasteiger partial charge in [-0.05, 0) is 24.1 Å². The Kier molecular flexibility index (Phi) is 2.39. The third kappa shape index (κ3) is 1.65. The molecule has 0 aromatic heterocycles. The monoisotopic (exact) mass is 149 g/mol. The van der Waals surface area contributed by atoms with Crippen LogP contribution in [0.25, 0.3) is 0 Å². The molecule has 0 aliphatic carbocycles. The second-order valence-electron chi connectivity index (χ2n) is 2.51. The maximum atomic E-state index is 10.5. The van der Waals surface area contributed by atoms with Gasteiger partial charge < -0.3 is 5.73 Å². The van der Waals surface area contributed by atoms with Crippen molar-refractivity contribution in [1.82, 2.24) is 0 Å². The Morgan fingerprint density at radius 2 is 2.27 bits per heavy atom. The van der Waals surface area contributed by atoms with Gasteiger partial charge in [0.05, 0.1) is 0 Å². The molecule has 0 amide bonds. The number of carbonyl (C=O) groups is 1. The van der Waals surface area contributed by atoms with Gasteiger partial charge in [0.1, 0.15) is 6.29 Å². The molecular weight excluding hydrogens is 138 g/mol. The van der Waals surface area contributed by atoms with Crippen molar-refractivity contribution in [2.75, 3.05) is 0 Å². The number of benzene rings is 1. The lowest BCUT2D eigenvalue weighted by atomic mass is 10.1. The van der Waals surface area contributed by atoms with E-state index in [0.717, 1.165) is 23.0 Å². The van der Waals surface area contributed by atoms with Crippen molar-refractivity contribution in [3.05, 3.63) is 34.9 Å². The van der Waals surface area contributed by atoms with Gasteiger partial charge in [0.25, 0.3) is 0 Å². The molecule has 0 fully saturated rings. The number of nitrogens with two attached hydrogens (primary N) is 1. The van der Waals surface area contributed by atoms with Crippen LogP contribution in [-0.2, 0) is 6.54 Å². The first kappa shape index (κ1) is 7.95. The molecule has 0 aliphatic rings. The van der Waals surface area contributed by atoms with Gasteiger partial charge in [-0.3, -0.25) is 4.79 Å². The average Bonchev–Trinajstić information content (AvgIpc) is 2.05. The van der Waals surface area contributed by atoms with Crippen molar-refractivity contribution < 1.29 is 4.79 Å². The van der Waals surface area contributed by atoms with Gasteiger partial charge in [-0.15, -0.1) is 0 Å². The molecule has 0 bridgehead atoms. The summed E-state index contributed by atoms with van der Waals surface area (Å²) in [4.78, 5) is 10.5. The van der Waals surface area contributed by atoms with Crippen LogP contribution in [0, 0.1) is 6.92 Å². The first-order valence-electron chi connectivity index (χ1n) is 3.52. The topological polar surface area (TPSA) is 43.1 Å². The van der Waals surface area contributed by atoms with Gasteiger partial charge in [0.2, 0.25) is 0 Å². The zero-order valence-corrected chi connectivity index (χ0v) is 6.50. The van der Waals surface area contributed by atoms with Gasteiger partial charge in [-0.2, -0.15) is 0 Å². The summed E-state index contributed by atoms with van der Waals surface area (Å²) in [6.45, 7) is 2.39. The Labute approximate surface area is 66.0 Å². The number of aryl methyl sites for hydroxylation is 1. The second-order valence-corrected chi connectivity index (χ2v) is 2.51. The highest BCUT2D eigenvalue weighted by Crippen LogP contribution is 2.07. The maximum absolute atomic E-state index is 10.5. The molecule has 0 spiro atoms. The Morgan fingerprint density at radius 3 is 2.82 bits per heavy atom. The van der Waals surface area contributed by atoms with Crippen LogP contribution >= 0.6 is 0 Å². The molecule has 58 valence electrons. The minimum atomic E-state index is 0.487. The van der Waals surface area contributed by atoms with Crippen LogP contribution in [0.1, 0.15) is 21.5 Å². The molecule has 2 nitrogen and oxygen atoms in total. The van der Waals surface area contributed by atoms with Gasteiger partial charge in [-0.25, -0.2) is 0 Å². The fraction of sp³-hybridized carbons (Fsp3) is 0.222. The number of carbonyl (C=O) groups excluding carboxylic acids is 1. The van der Waals surface area contributed by atoms with Crippen molar-refractivity contribution in [3.63, 3.8) is 0 Å². The summed E-state index contributed by atoms with van der Waals surface area (Å²) in [5.41, 5.74) is 8.13. The fourth-order valence-corrected chi connectivity index (χ4v) is 0.944. The molecule has 0 unspecified atom stereocenters. The molecule has 0 heterocycles. The molecule has 1 aromatic carbocycles. The smallest absolute Gasteiger partial charge is 0.150 e. The SMILES string of the molecule is Cc1ccc(CN)cc1C=O. The summed E-state index contributed by atoms with van der Waals surface area (Å²) in [6.07, 6.45) is 0.856. The fourth-order valence-electron chi connectivity index (χ4n) is 0.944. The highest BCUT2D eigenvalue weighted by atomic mass is 16.1. The van der Waals surface area contributed by atoms with Crippen molar-refractivity contribution in [2.24, 2.45) is 5.73 Å². The Bertz CT molecular complexity index is 268. The Balaban J connectivity index is 3.12. The second kappa shape index (κ2) is 3.30. The molecule has 1 rings (SSSR count). The molecule has 2 heteroatoms. The predicted octanol–water partition coefficient (Wildman–Crippen LogP) is 1.27. The van der Waals surface area contributed by atoms with Crippen molar-refractivity contribution in [1.29, 1.82) is 0 Å². The van der Waals surface area contributed by atoms with Crippen molar-refractivity contribution in [3.8, 4) is 0 Å². The highest BCUT2D eigenvalue weighted by Gasteiger charge is 1.96. The number of hydrogen-bond acceptors (Lipinski definition) is 2. The summed E-state index contributed by atoms with van der Waals surface area (Å²) in [5, 5.41) is 0. The molecule has 0 saturated heterocycles. The van der Waals surface area contributed by atoms with E-state index in [2.05, 4.69) is 0 Å². The van der Waals surface area contributed by atoms with E-state index in [0.29, 0.717) is 6.54 Å². The van der Waals surface area contributed by atoms with E-state index >= 15 is 0 Å². The molecule has 0 aliphatic heterocycles. The minimum Gasteiger partial charge on any atom is -0.326 e. The summed E-state index contributed by atoms with van der Waals surface area (Å²) in [7, 11) is 0. The lowest BCUT2D eigenvalue weighted by Gasteiger charge is -2.00. The third-order valence-corrected chi connectivity index (χ3v) is 1.71. The molecular formula is C9H11NO. The minimum absolute atomic E-state index is 0.487. The van der Waals surface area contributed by atoms with Crippen LogP contribution in [0.4, 0.5) is 0 Å². The Morgan fingerprint density at radius 1 is 1.55 bits per heavy atom. The summed E-state index contributed by atoms with van der Waals surface area (Å²) < 4.78 is 0. The van der Waals surface area contributed by atoms with Gasteiger partial charge in [0.15, 0.2) is 0 Å². The lowest BCUT2D eigenvalue weighted by Crippen LogP contribution is -1.97. The standard InChI is InChI=1S/C9H11NO/c1-7-2-3-8(5-10)4-9(7)6-11/h2-4,6H,5,10H2,1H3. The van der Waals surface area contributed by atoms with E-state index in [9.17, 15) is 4.79 Å². The first-order chi connectivity index (χ1) is 5.27. The molecule has 0 saturated carbocycles. The van der Waals surface area contributed by atoms with E-state index in [4.69, 9.17) is 5.73 Å². The largest absolute Gasteiger partial charge is 0.326 e. The predicted molar refractivity (Wildman–Crippen MR) is 44.5 cm³/mol. The van der Waals surface area contributed by atoms with E-state index < -0.39 is 0 Å². The van der Waals surface area contributed by atoms with Crippen molar-refractivity contribution >= 4 is 6.29 Å². The number of rotatable bonds is 2. The van der Waals surface area contributed by atoms with Crippen LogP contribution in [0.2, 0.25) is 0 Å². The van der Waals surface area contributed by atoms with E-state index in [1.54, 1.807) is 0 Å². The Hall–Kier alpha value is -1.15. The van der Waals surface area contributed by atoms with E-state index in [1.807, 2.05) is 25.1 Å². The quantitative estimate of drug-likeness (QED) is 0.643. The van der Waals surface area contributed by atoms with Gasteiger partial charge in [-0.1, -0.05) is 12.1 Å². The number of hydrogen-bond donors (Lipinski definition) is 1. The summed E-state index contributed by atoms with van der Waals surface area (Å²) in [6, 6.07) is 5.66. The molecule has 0 radical (unpaired) electrons. The molecule has 0 atom stereocenters. The zero-order chi connectivity index (χ0) is 8.27. The normalized spacial score (nSPS) is 9.64. The van der Waals surface area contributed by atoms with Crippen LogP contribution in [0.3, 0.4) is 0 Å². The summed E-state index contributed by atoms with van der Waals surface area (Å²) >= 11 is 0. The third-order valence-electron chi connectivity index (χ3n) is 1.71. The molecule has 11 heavy (non-hydrogen) atoms. The van der Waals surface area contributed by atoms with Crippen LogP contribution in [0.5, 0.6) is 0 Å². The number of aldehydes is 1. The highest BCUT2D eigenvalue weighted by molar-refractivity contribution is 5.77. The van der Waals surface area contributed by atoms with Crippen LogP contribution in [0.15, 0.2) is 18.2 Å². The van der Waals surface area contributed by atoms with E-state index in [1.165, 1.54) is 0 Å². The van der Waals surface area contributed by atoms with Crippen molar-refractivity contribution in [2.45, 2.75) is 13.5 Å². The zero-order valence-electron chi connectivity index (χ0n) is 6.50. The van der Waals surface area contributed by atoms with E-state index in [-0.39, 0.29) is 0 Å². The summed E-state index contributed by atoms with van der Waals surface area (Å²) in [5.74, 6) is 0. The van der Waals surface area contributed by atoms with Gasteiger partial charge >= 0.3 is 0 Å².